The lowest BCUT2D eigenvalue weighted by Gasteiger charge is -2.39. The maximum Gasteiger partial charge on any atom is 0.174 e. The Balaban J connectivity index is 2.21. The molecule has 0 aliphatic carbocycles. The summed E-state index contributed by atoms with van der Waals surface area (Å²) in [5.74, 6) is 0.930. The lowest BCUT2D eigenvalue weighted by atomic mass is 10.3. The van der Waals surface area contributed by atoms with Crippen LogP contribution in [-0.2, 0) is 19.3 Å². The molecule has 0 aromatic heterocycles. The second-order valence-electron chi connectivity index (χ2n) is 4.63. The Labute approximate surface area is 114 Å². The van der Waals surface area contributed by atoms with Gasteiger partial charge in [-0.15, -0.1) is 0 Å². The van der Waals surface area contributed by atoms with Gasteiger partial charge in [0.2, 0.25) is 0 Å². The lowest BCUT2D eigenvalue weighted by Crippen LogP contribution is -2.46. The van der Waals surface area contributed by atoms with Gasteiger partial charge in [-0.25, -0.2) is 8.42 Å². The van der Waals surface area contributed by atoms with Crippen molar-refractivity contribution in [2.24, 2.45) is 0 Å². The standard InChI is InChI=1S/C12H22N2O4S/c1-2-19(15,16)11-12(13-3-7-17-8-4-13)14-5-9-18-10-6-14/h11H,2-10H2,1H3. The van der Waals surface area contributed by atoms with Crippen LogP contribution >= 0.6 is 0 Å². The molecule has 6 nitrogen and oxygen atoms in total. The fourth-order valence-electron chi connectivity index (χ4n) is 2.18. The van der Waals surface area contributed by atoms with Gasteiger partial charge in [0.1, 0.15) is 5.82 Å². The third-order valence-electron chi connectivity index (χ3n) is 3.36. The van der Waals surface area contributed by atoms with Gasteiger partial charge < -0.3 is 19.3 Å². The summed E-state index contributed by atoms with van der Waals surface area (Å²) in [4.78, 5) is 4.20. The molecule has 2 aliphatic heterocycles. The van der Waals surface area contributed by atoms with E-state index in [1.807, 2.05) is 0 Å². The summed E-state index contributed by atoms with van der Waals surface area (Å²) in [6.45, 7) is 7.21. The van der Waals surface area contributed by atoms with Crippen molar-refractivity contribution in [3.8, 4) is 0 Å². The molecule has 0 bridgehead atoms. The molecule has 0 atom stereocenters. The van der Waals surface area contributed by atoms with Gasteiger partial charge in [-0.3, -0.25) is 0 Å². The van der Waals surface area contributed by atoms with Crippen LogP contribution in [0.4, 0.5) is 0 Å². The molecule has 2 aliphatic rings. The van der Waals surface area contributed by atoms with Crippen LogP contribution < -0.4 is 0 Å². The van der Waals surface area contributed by atoms with Crippen molar-refractivity contribution in [2.45, 2.75) is 6.92 Å². The van der Waals surface area contributed by atoms with Crippen LogP contribution in [-0.4, -0.2) is 76.6 Å². The van der Waals surface area contributed by atoms with Crippen molar-refractivity contribution in [1.82, 2.24) is 9.80 Å². The molecule has 2 rings (SSSR count). The number of rotatable bonds is 4. The quantitative estimate of drug-likeness (QED) is 0.720. The molecule has 19 heavy (non-hydrogen) atoms. The maximum atomic E-state index is 11.9. The fraction of sp³-hybridized carbons (Fsp3) is 0.833. The minimum atomic E-state index is -3.14. The zero-order valence-electron chi connectivity index (χ0n) is 11.4. The maximum absolute atomic E-state index is 11.9. The Hall–Kier alpha value is -0.790. The Morgan fingerprint density at radius 2 is 1.42 bits per heavy atom. The smallest absolute Gasteiger partial charge is 0.174 e. The van der Waals surface area contributed by atoms with E-state index in [0.717, 1.165) is 32.0 Å². The van der Waals surface area contributed by atoms with Crippen LogP contribution in [0.25, 0.3) is 0 Å². The normalized spacial score (nSPS) is 21.3. The van der Waals surface area contributed by atoms with Gasteiger partial charge in [0.05, 0.1) is 37.6 Å². The van der Waals surface area contributed by atoms with Crippen LogP contribution in [0.3, 0.4) is 0 Å². The van der Waals surface area contributed by atoms with Crippen molar-refractivity contribution >= 4 is 9.84 Å². The Morgan fingerprint density at radius 1 is 1.00 bits per heavy atom. The first-order chi connectivity index (χ1) is 9.12. The molecule has 0 N–H and O–H groups in total. The van der Waals surface area contributed by atoms with Crippen molar-refractivity contribution in [1.29, 1.82) is 0 Å². The summed E-state index contributed by atoms with van der Waals surface area (Å²) < 4.78 is 34.5. The number of ether oxygens (including phenoxy) is 2. The highest BCUT2D eigenvalue weighted by Gasteiger charge is 2.23. The van der Waals surface area contributed by atoms with Crippen molar-refractivity contribution in [2.75, 3.05) is 58.4 Å². The Morgan fingerprint density at radius 3 is 1.79 bits per heavy atom. The van der Waals surface area contributed by atoms with E-state index in [4.69, 9.17) is 9.47 Å². The Kier molecular flexibility index (Phi) is 5.06. The van der Waals surface area contributed by atoms with E-state index in [9.17, 15) is 8.42 Å². The monoisotopic (exact) mass is 290 g/mol. The second kappa shape index (κ2) is 6.58. The van der Waals surface area contributed by atoms with Crippen LogP contribution in [0.5, 0.6) is 0 Å². The van der Waals surface area contributed by atoms with E-state index in [0.29, 0.717) is 26.4 Å². The lowest BCUT2D eigenvalue weighted by molar-refractivity contribution is 0.00890. The first-order valence-corrected chi connectivity index (χ1v) is 8.44. The fourth-order valence-corrected chi connectivity index (χ4v) is 2.96. The van der Waals surface area contributed by atoms with E-state index >= 15 is 0 Å². The highest BCUT2D eigenvalue weighted by molar-refractivity contribution is 7.94. The topological polar surface area (TPSA) is 59.1 Å². The molecule has 110 valence electrons. The van der Waals surface area contributed by atoms with Crippen LogP contribution in [0.15, 0.2) is 11.2 Å². The molecule has 2 heterocycles. The summed E-state index contributed by atoms with van der Waals surface area (Å²) >= 11 is 0. The van der Waals surface area contributed by atoms with Gasteiger partial charge in [0, 0.05) is 26.2 Å². The molecule has 7 heteroatoms. The van der Waals surface area contributed by atoms with E-state index in [1.54, 1.807) is 6.92 Å². The van der Waals surface area contributed by atoms with Gasteiger partial charge >= 0.3 is 0 Å². The predicted octanol–water partition coefficient (Wildman–Crippen LogP) is -0.116. The van der Waals surface area contributed by atoms with Gasteiger partial charge in [-0.05, 0) is 0 Å². The minimum absolute atomic E-state index is 0.130. The average Bonchev–Trinajstić information content (AvgIpc) is 2.47. The summed E-state index contributed by atoms with van der Waals surface area (Å²) in [5, 5.41) is 1.42. The predicted molar refractivity (Wildman–Crippen MR) is 72.3 cm³/mol. The van der Waals surface area contributed by atoms with Crippen LogP contribution in [0.2, 0.25) is 0 Å². The zero-order chi connectivity index (χ0) is 13.7. The van der Waals surface area contributed by atoms with E-state index < -0.39 is 9.84 Å². The van der Waals surface area contributed by atoms with Gasteiger partial charge in [0.25, 0.3) is 0 Å². The first kappa shape index (κ1) is 14.6. The third-order valence-corrected chi connectivity index (χ3v) is 4.73. The molecule has 0 unspecified atom stereocenters. The molecule has 0 saturated carbocycles. The molecule has 0 aromatic carbocycles. The SMILES string of the molecule is CCS(=O)(=O)C=C(N1CCOCC1)N1CCOCC1. The number of sulfone groups is 1. The number of nitrogens with zero attached hydrogens (tertiary/aromatic N) is 2. The summed E-state index contributed by atoms with van der Waals surface area (Å²) in [5.41, 5.74) is 0. The number of hydrogen-bond acceptors (Lipinski definition) is 6. The molecule has 0 aromatic rings. The molecule has 0 radical (unpaired) electrons. The highest BCUT2D eigenvalue weighted by Crippen LogP contribution is 2.16. The van der Waals surface area contributed by atoms with Crippen molar-refractivity contribution in [3.05, 3.63) is 11.2 Å². The highest BCUT2D eigenvalue weighted by atomic mass is 32.2. The Bertz CT molecular complexity index is 389. The number of hydrogen-bond donors (Lipinski definition) is 0. The van der Waals surface area contributed by atoms with Gasteiger partial charge in [-0.1, -0.05) is 6.92 Å². The molecule has 2 saturated heterocycles. The summed E-state index contributed by atoms with van der Waals surface area (Å²) in [6, 6.07) is 0. The second-order valence-corrected chi connectivity index (χ2v) is 6.77. The zero-order valence-corrected chi connectivity index (χ0v) is 12.2. The van der Waals surface area contributed by atoms with Crippen LogP contribution in [0, 0.1) is 0 Å². The van der Waals surface area contributed by atoms with E-state index in [-0.39, 0.29) is 5.75 Å². The average molecular weight is 290 g/mol. The van der Waals surface area contributed by atoms with Gasteiger partial charge in [-0.2, -0.15) is 0 Å². The summed E-state index contributed by atoms with van der Waals surface area (Å²) in [7, 11) is -3.14. The summed E-state index contributed by atoms with van der Waals surface area (Å²) in [6.07, 6.45) is 0. The third kappa shape index (κ3) is 4.09. The molecule has 2 fully saturated rings. The van der Waals surface area contributed by atoms with Gasteiger partial charge in [0.15, 0.2) is 9.84 Å². The molecular formula is C12H22N2O4S. The van der Waals surface area contributed by atoms with Crippen LogP contribution in [0.1, 0.15) is 6.92 Å². The largest absolute Gasteiger partial charge is 0.378 e. The molecule has 0 amide bonds. The molecular weight excluding hydrogens is 268 g/mol. The first-order valence-electron chi connectivity index (χ1n) is 6.72. The van der Waals surface area contributed by atoms with E-state index in [1.165, 1.54) is 5.41 Å². The minimum Gasteiger partial charge on any atom is -0.378 e. The van der Waals surface area contributed by atoms with E-state index in [2.05, 4.69) is 9.80 Å². The molecule has 0 spiro atoms. The number of morpholine rings is 2. The van der Waals surface area contributed by atoms with Crippen molar-refractivity contribution in [3.63, 3.8) is 0 Å². The van der Waals surface area contributed by atoms with Crippen molar-refractivity contribution < 1.29 is 17.9 Å².